The lowest BCUT2D eigenvalue weighted by Gasteiger charge is -2.26. The molecule has 0 aromatic rings. The van der Waals surface area contributed by atoms with E-state index in [0.717, 1.165) is 0 Å². The lowest BCUT2D eigenvalue weighted by atomic mass is 10.0. The molecular weight excluding hydrogens is 358 g/mol. The fourth-order valence-electron chi connectivity index (χ4n) is 2.21. The predicted molar refractivity (Wildman–Crippen MR) is 96.0 cm³/mol. The van der Waals surface area contributed by atoms with Gasteiger partial charge in [-0.15, -0.1) is 0 Å². The van der Waals surface area contributed by atoms with Gasteiger partial charge in [-0.2, -0.15) is 0 Å². The van der Waals surface area contributed by atoms with E-state index in [4.69, 9.17) is 11.5 Å². The van der Waals surface area contributed by atoms with Crippen LogP contribution >= 0.6 is 0 Å². The summed E-state index contributed by atoms with van der Waals surface area (Å²) in [4.78, 5) is 58.9. The van der Waals surface area contributed by atoms with Crippen molar-refractivity contribution in [1.29, 1.82) is 0 Å². The molecule has 8 N–H and O–H groups in total. The van der Waals surface area contributed by atoms with E-state index in [1.807, 2.05) is 0 Å². The van der Waals surface area contributed by atoms with Crippen molar-refractivity contribution in [3.05, 3.63) is 0 Å². The molecule has 0 radical (unpaired) electrons. The number of carbonyl (C=O) groups excluding carboxylic acids is 4. The maximum Gasteiger partial charge on any atom is 0.326 e. The maximum atomic E-state index is 12.5. The normalized spacial score (nSPS) is 14.2. The largest absolute Gasteiger partial charge is 0.480 e. The van der Waals surface area contributed by atoms with Crippen molar-refractivity contribution >= 4 is 29.6 Å². The second kappa shape index (κ2) is 11.1. The van der Waals surface area contributed by atoms with Gasteiger partial charge in [-0.1, -0.05) is 27.7 Å². The number of primary amides is 1. The summed E-state index contributed by atoms with van der Waals surface area (Å²) in [7, 11) is 0. The van der Waals surface area contributed by atoms with Gasteiger partial charge in [-0.05, 0) is 11.8 Å². The summed E-state index contributed by atoms with van der Waals surface area (Å²) >= 11 is 0. The van der Waals surface area contributed by atoms with Crippen molar-refractivity contribution < 1.29 is 29.1 Å². The summed E-state index contributed by atoms with van der Waals surface area (Å²) in [6.07, 6.45) is -0.530. The molecule has 11 heteroatoms. The van der Waals surface area contributed by atoms with E-state index in [0.29, 0.717) is 0 Å². The van der Waals surface area contributed by atoms with Crippen LogP contribution < -0.4 is 27.4 Å². The Bertz CT molecular complexity index is 578. The summed E-state index contributed by atoms with van der Waals surface area (Å²) in [5.41, 5.74) is 10.3. The molecule has 0 aromatic carbocycles. The number of carboxylic acids is 1. The van der Waals surface area contributed by atoms with Crippen LogP contribution in [0.5, 0.6) is 0 Å². The lowest BCUT2D eigenvalue weighted by molar-refractivity contribution is -0.143. The second-order valence-electron chi connectivity index (χ2n) is 6.79. The third kappa shape index (κ3) is 8.49. The Balaban J connectivity index is 5.35. The fraction of sp³-hybridized carbons (Fsp3) is 0.688. The Morgan fingerprint density at radius 1 is 0.852 bits per heavy atom. The first kappa shape index (κ1) is 24.3. The van der Waals surface area contributed by atoms with Gasteiger partial charge >= 0.3 is 5.97 Å². The van der Waals surface area contributed by atoms with Crippen LogP contribution in [0.25, 0.3) is 0 Å². The minimum atomic E-state index is -1.38. The molecule has 3 atom stereocenters. The number of hydrogen-bond donors (Lipinski definition) is 6. The van der Waals surface area contributed by atoms with Crippen molar-refractivity contribution in [2.75, 3.05) is 6.54 Å². The zero-order chi connectivity index (χ0) is 21.3. The van der Waals surface area contributed by atoms with E-state index in [-0.39, 0.29) is 12.5 Å². The van der Waals surface area contributed by atoms with E-state index in [9.17, 15) is 29.1 Å². The number of aliphatic carboxylic acids is 1. The van der Waals surface area contributed by atoms with Gasteiger partial charge in [0.1, 0.15) is 18.1 Å². The molecule has 0 fully saturated rings. The molecule has 0 bridgehead atoms. The van der Waals surface area contributed by atoms with Gasteiger partial charge in [-0.3, -0.25) is 19.2 Å². The lowest BCUT2D eigenvalue weighted by Crippen LogP contribution is -2.58. The van der Waals surface area contributed by atoms with Crippen LogP contribution in [0.3, 0.4) is 0 Å². The first-order valence-corrected chi connectivity index (χ1v) is 8.51. The molecule has 0 saturated heterocycles. The zero-order valence-electron chi connectivity index (χ0n) is 15.9. The Morgan fingerprint density at radius 2 is 1.37 bits per heavy atom. The minimum Gasteiger partial charge on any atom is -0.480 e. The second-order valence-corrected chi connectivity index (χ2v) is 6.79. The van der Waals surface area contributed by atoms with E-state index >= 15 is 0 Å². The minimum absolute atomic E-state index is 0.323. The average Bonchev–Trinajstić information content (AvgIpc) is 2.54. The molecule has 27 heavy (non-hydrogen) atoms. The van der Waals surface area contributed by atoms with Gasteiger partial charge in [0.25, 0.3) is 0 Å². The quantitative estimate of drug-likeness (QED) is 0.229. The monoisotopic (exact) mass is 387 g/mol. The van der Waals surface area contributed by atoms with E-state index in [1.165, 1.54) is 0 Å². The van der Waals surface area contributed by atoms with Gasteiger partial charge in [0.15, 0.2) is 0 Å². The predicted octanol–water partition coefficient (Wildman–Crippen LogP) is -2.33. The highest BCUT2D eigenvalue weighted by molar-refractivity contribution is 5.95. The van der Waals surface area contributed by atoms with Crippen LogP contribution in [-0.4, -0.2) is 59.4 Å². The molecule has 154 valence electrons. The highest BCUT2D eigenvalue weighted by Crippen LogP contribution is 2.06. The number of carbonyl (C=O) groups is 5. The summed E-state index contributed by atoms with van der Waals surface area (Å²) in [6.45, 7) is 6.21. The molecule has 3 unspecified atom stereocenters. The highest BCUT2D eigenvalue weighted by atomic mass is 16.4. The van der Waals surface area contributed by atoms with Crippen LogP contribution in [0.2, 0.25) is 0 Å². The third-order valence-corrected chi connectivity index (χ3v) is 3.72. The molecule has 4 amide bonds. The van der Waals surface area contributed by atoms with E-state index < -0.39 is 60.1 Å². The number of nitrogens with two attached hydrogens (primary N) is 2. The first-order chi connectivity index (χ1) is 12.4. The Morgan fingerprint density at radius 3 is 1.74 bits per heavy atom. The third-order valence-electron chi connectivity index (χ3n) is 3.72. The molecule has 0 aliphatic carbocycles. The maximum absolute atomic E-state index is 12.5. The van der Waals surface area contributed by atoms with Crippen LogP contribution in [0.1, 0.15) is 34.1 Å². The number of nitrogens with one attached hydrogen (secondary N) is 3. The molecule has 0 heterocycles. The van der Waals surface area contributed by atoms with Gasteiger partial charge in [0.2, 0.25) is 23.6 Å². The van der Waals surface area contributed by atoms with Crippen molar-refractivity contribution in [3.63, 3.8) is 0 Å². The van der Waals surface area contributed by atoms with Crippen LogP contribution in [0.4, 0.5) is 0 Å². The van der Waals surface area contributed by atoms with Gasteiger partial charge in [0, 0.05) is 0 Å². The van der Waals surface area contributed by atoms with Crippen molar-refractivity contribution in [3.8, 4) is 0 Å². The number of rotatable bonds is 11. The van der Waals surface area contributed by atoms with Crippen LogP contribution in [0, 0.1) is 11.8 Å². The van der Waals surface area contributed by atoms with Gasteiger partial charge < -0.3 is 32.5 Å². The van der Waals surface area contributed by atoms with Gasteiger partial charge in [0.05, 0.1) is 13.0 Å². The zero-order valence-corrected chi connectivity index (χ0v) is 15.9. The van der Waals surface area contributed by atoms with E-state index in [1.54, 1.807) is 27.7 Å². The molecule has 0 aliphatic rings. The molecule has 11 nitrogen and oxygen atoms in total. The fourth-order valence-corrected chi connectivity index (χ4v) is 2.21. The smallest absolute Gasteiger partial charge is 0.326 e. The summed E-state index contributed by atoms with van der Waals surface area (Å²) in [6, 6.07) is -3.58. The standard InChI is InChI=1S/C16H29N5O6/c1-7(2)12(20-11(23)6-17)15(25)19-9(5-10(18)22)14(24)21-13(8(3)4)16(26)27/h7-9,12-13H,5-6,17H2,1-4H3,(H2,18,22)(H,19,25)(H,20,23)(H,21,24)(H,26,27). The first-order valence-electron chi connectivity index (χ1n) is 8.51. The van der Waals surface area contributed by atoms with Crippen LogP contribution in [-0.2, 0) is 24.0 Å². The Labute approximate surface area is 157 Å². The SMILES string of the molecule is CC(C)C(NC(=O)C(CC(N)=O)NC(=O)C(NC(=O)CN)C(C)C)C(=O)O. The molecule has 0 rings (SSSR count). The van der Waals surface area contributed by atoms with Crippen molar-refractivity contribution in [1.82, 2.24) is 16.0 Å². The van der Waals surface area contributed by atoms with Gasteiger partial charge in [-0.25, -0.2) is 4.79 Å². The summed E-state index contributed by atoms with van der Waals surface area (Å²) in [5, 5.41) is 16.2. The number of hydrogen-bond acceptors (Lipinski definition) is 6. The van der Waals surface area contributed by atoms with E-state index in [2.05, 4.69) is 16.0 Å². The average molecular weight is 387 g/mol. The summed E-state index contributed by atoms with van der Waals surface area (Å²) in [5.74, 6) is -5.02. The summed E-state index contributed by atoms with van der Waals surface area (Å²) < 4.78 is 0. The molecule has 0 spiro atoms. The Kier molecular flexibility index (Phi) is 10.0. The molecular formula is C16H29N5O6. The molecule has 0 aliphatic heterocycles. The number of carboxylic acid groups (broad SMARTS) is 1. The molecule has 0 aromatic heterocycles. The van der Waals surface area contributed by atoms with Crippen molar-refractivity contribution in [2.24, 2.45) is 23.3 Å². The topological polar surface area (TPSA) is 194 Å². The Hall–Kier alpha value is -2.69. The van der Waals surface area contributed by atoms with Crippen molar-refractivity contribution in [2.45, 2.75) is 52.2 Å². The molecule has 0 saturated carbocycles. The highest BCUT2D eigenvalue weighted by Gasteiger charge is 2.32. The van der Waals surface area contributed by atoms with Crippen LogP contribution in [0.15, 0.2) is 0 Å². The number of amides is 4.